The zero-order valence-electron chi connectivity index (χ0n) is 18.0. The van der Waals surface area contributed by atoms with Crippen molar-refractivity contribution in [2.24, 2.45) is 0 Å². The van der Waals surface area contributed by atoms with Crippen LogP contribution in [0.4, 0.5) is 0 Å². The van der Waals surface area contributed by atoms with Gasteiger partial charge in [0.15, 0.2) is 5.60 Å². The second-order valence-electron chi connectivity index (χ2n) is 7.71. The van der Waals surface area contributed by atoms with Crippen LogP contribution in [0.25, 0.3) is 0 Å². The molecule has 5 heteroatoms. The first-order valence-corrected chi connectivity index (χ1v) is 11.0. The van der Waals surface area contributed by atoms with Gasteiger partial charge in [-0.15, -0.1) is 0 Å². The standard InChI is InChI=1S/C23H36ClN3O/c1-5-7-14-23(28-19-11-16-26(3)4,20-12-9-10-13-21(20)24)22-25-15-18-27(22)17-8-6-2/h9-10,12-13,15,18H,5-8,11,14,16-17,19H2,1-4H3. The van der Waals surface area contributed by atoms with E-state index in [2.05, 4.69) is 49.7 Å². The van der Waals surface area contributed by atoms with Crippen LogP contribution in [-0.4, -0.2) is 41.7 Å². The fraction of sp³-hybridized carbons (Fsp3) is 0.609. The molecule has 0 amide bonds. The lowest BCUT2D eigenvalue weighted by molar-refractivity contribution is -0.0374. The average molecular weight is 406 g/mol. The number of aromatic nitrogens is 2. The third-order valence-corrected chi connectivity index (χ3v) is 5.45. The monoisotopic (exact) mass is 405 g/mol. The minimum Gasteiger partial charge on any atom is -0.362 e. The minimum absolute atomic E-state index is 0.613. The Morgan fingerprint density at radius 1 is 1.11 bits per heavy atom. The molecular formula is C23H36ClN3O. The largest absolute Gasteiger partial charge is 0.362 e. The molecule has 28 heavy (non-hydrogen) atoms. The fourth-order valence-electron chi connectivity index (χ4n) is 3.60. The summed E-state index contributed by atoms with van der Waals surface area (Å²) in [6.07, 6.45) is 10.2. The Morgan fingerprint density at radius 3 is 2.54 bits per heavy atom. The number of rotatable bonds is 13. The lowest BCUT2D eigenvalue weighted by atomic mass is 9.86. The number of ether oxygens (including phenoxy) is 1. The number of hydrogen-bond donors (Lipinski definition) is 0. The van der Waals surface area contributed by atoms with E-state index in [4.69, 9.17) is 21.3 Å². The number of nitrogens with zero attached hydrogens (tertiary/aromatic N) is 3. The number of unbranched alkanes of at least 4 members (excludes halogenated alkanes) is 2. The van der Waals surface area contributed by atoms with Crippen molar-refractivity contribution >= 4 is 11.6 Å². The van der Waals surface area contributed by atoms with E-state index in [1.54, 1.807) is 0 Å². The molecule has 1 atom stereocenters. The molecule has 0 saturated heterocycles. The van der Waals surface area contributed by atoms with Crippen LogP contribution in [0, 0.1) is 0 Å². The first kappa shape index (κ1) is 22.9. The molecule has 0 fully saturated rings. The Hall–Kier alpha value is -1.36. The molecule has 0 N–H and O–H groups in total. The quantitative estimate of drug-likeness (QED) is 0.398. The molecule has 0 aliphatic heterocycles. The van der Waals surface area contributed by atoms with Crippen LogP contribution < -0.4 is 0 Å². The van der Waals surface area contributed by atoms with Crippen LogP contribution in [0.15, 0.2) is 36.7 Å². The van der Waals surface area contributed by atoms with Gasteiger partial charge in [0.25, 0.3) is 0 Å². The predicted octanol–water partition coefficient (Wildman–Crippen LogP) is 5.74. The summed E-state index contributed by atoms with van der Waals surface area (Å²) >= 11 is 6.70. The molecule has 0 radical (unpaired) electrons. The number of imidazole rings is 1. The van der Waals surface area contributed by atoms with Crippen molar-refractivity contribution < 1.29 is 4.74 Å². The molecule has 4 nitrogen and oxygen atoms in total. The van der Waals surface area contributed by atoms with Crippen LogP contribution in [-0.2, 0) is 16.9 Å². The molecule has 1 aromatic carbocycles. The Kier molecular flexibility index (Phi) is 9.49. The van der Waals surface area contributed by atoms with Crippen molar-refractivity contribution in [2.75, 3.05) is 27.2 Å². The van der Waals surface area contributed by atoms with Gasteiger partial charge in [0.1, 0.15) is 5.82 Å². The predicted molar refractivity (Wildman–Crippen MR) is 118 cm³/mol. The van der Waals surface area contributed by atoms with Gasteiger partial charge < -0.3 is 14.2 Å². The van der Waals surface area contributed by atoms with Gasteiger partial charge in [-0.2, -0.15) is 0 Å². The van der Waals surface area contributed by atoms with Crippen LogP contribution in [0.2, 0.25) is 5.02 Å². The van der Waals surface area contributed by atoms with Gasteiger partial charge in [-0.25, -0.2) is 4.98 Å². The van der Waals surface area contributed by atoms with E-state index in [9.17, 15) is 0 Å². The summed E-state index contributed by atoms with van der Waals surface area (Å²) < 4.78 is 8.98. The third-order valence-electron chi connectivity index (χ3n) is 5.12. The van der Waals surface area contributed by atoms with Crippen molar-refractivity contribution in [3.05, 3.63) is 53.1 Å². The van der Waals surface area contributed by atoms with Crippen molar-refractivity contribution in [2.45, 2.75) is 64.5 Å². The topological polar surface area (TPSA) is 30.3 Å². The smallest absolute Gasteiger partial charge is 0.152 e. The summed E-state index contributed by atoms with van der Waals surface area (Å²) in [6.45, 7) is 7.05. The van der Waals surface area contributed by atoms with E-state index < -0.39 is 5.60 Å². The molecule has 0 saturated carbocycles. The van der Waals surface area contributed by atoms with Crippen molar-refractivity contribution in [1.82, 2.24) is 14.5 Å². The lowest BCUT2D eigenvalue weighted by Crippen LogP contribution is -2.36. The van der Waals surface area contributed by atoms with Crippen LogP contribution >= 0.6 is 11.6 Å². The molecular weight excluding hydrogens is 370 g/mol. The summed E-state index contributed by atoms with van der Waals surface area (Å²) in [5.41, 5.74) is 0.414. The van der Waals surface area contributed by atoms with Gasteiger partial charge in [0, 0.05) is 36.1 Å². The maximum absolute atomic E-state index is 6.72. The SMILES string of the molecule is CCCCn1ccnc1C(CCCC)(OCCCN(C)C)c1ccccc1Cl. The van der Waals surface area contributed by atoms with Gasteiger partial charge in [0.2, 0.25) is 0 Å². The molecule has 0 aliphatic carbocycles. The Balaban J connectivity index is 2.47. The first-order chi connectivity index (χ1) is 13.5. The minimum atomic E-state index is -0.613. The van der Waals surface area contributed by atoms with E-state index in [0.717, 1.165) is 68.0 Å². The zero-order valence-corrected chi connectivity index (χ0v) is 18.7. The normalized spacial score (nSPS) is 13.8. The van der Waals surface area contributed by atoms with Crippen molar-refractivity contribution in [3.63, 3.8) is 0 Å². The van der Waals surface area contributed by atoms with Gasteiger partial charge in [-0.3, -0.25) is 0 Å². The summed E-state index contributed by atoms with van der Waals surface area (Å²) in [7, 11) is 4.19. The van der Waals surface area contributed by atoms with E-state index in [1.807, 2.05) is 24.4 Å². The highest BCUT2D eigenvalue weighted by molar-refractivity contribution is 6.31. The van der Waals surface area contributed by atoms with Gasteiger partial charge in [0.05, 0.1) is 0 Å². The number of aryl methyl sites for hydroxylation is 1. The summed E-state index contributed by atoms with van der Waals surface area (Å²) in [6, 6.07) is 8.08. The Bertz CT molecular complexity index is 701. The maximum atomic E-state index is 6.72. The summed E-state index contributed by atoms with van der Waals surface area (Å²) in [5.74, 6) is 0.979. The lowest BCUT2D eigenvalue weighted by Gasteiger charge is -2.35. The van der Waals surface area contributed by atoms with Crippen LogP contribution in [0.3, 0.4) is 0 Å². The fourth-order valence-corrected chi connectivity index (χ4v) is 3.89. The average Bonchev–Trinajstić information content (AvgIpc) is 3.15. The first-order valence-electron chi connectivity index (χ1n) is 10.6. The van der Waals surface area contributed by atoms with E-state index >= 15 is 0 Å². The highest BCUT2D eigenvalue weighted by Crippen LogP contribution is 2.41. The van der Waals surface area contributed by atoms with Gasteiger partial charge in [-0.1, -0.05) is 62.9 Å². The molecule has 1 unspecified atom stereocenters. The summed E-state index contributed by atoms with van der Waals surface area (Å²) in [5, 5.41) is 0.747. The molecule has 2 aromatic rings. The Labute approximate surface area is 175 Å². The summed E-state index contributed by atoms with van der Waals surface area (Å²) in [4.78, 5) is 6.98. The van der Waals surface area contributed by atoms with Crippen molar-refractivity contribution in [3.8, 4) is 0 Å². The van der Waals surface area contributed by atoms with Crippen LogP contribution in [0.1, 0.15) is 63.8 Å². The van der Waals surface area contributed by atoms with E-state index in [-0.39, 0.29) is 0 Å². The van der Waals surface area contributed by atoms with Crippen molar-refractivity contribution in [1.29, 1.82) is 0 Å². The molecule has 1 aromatic heterocycles. The number of hydrogen-bond acceptors (Lipinski definition) is 3. The maximum Gasteiger partial charge on any atom is 0.152 e. The van der Waals surface area contributed by atoms with E-state index in [1.165, 1.54) is 0 Å². The molecule has 0 spiro atoms. The van der Waals surface area contributed by atoms with Gasteiger partial charge >= 0.3 is 0 Å². The zero-order chi connectivity index (χ0) is 20.4. The van der Waals surface area contributed by atoms with E-state index in [0.29, 0.717) is 6.61 Å². The molecule has 0 aliphatic rings. The number of halogens is 1. The molecule has 156 valence electrons. The third kappa shape index (κ3) is 5.82. The molecule has 2 rings (SSSR count). The molecule has 1 heterocycles. The number of benzene rings is 1. The second kappa shape index (κ2) is 11.6. The van der Waals surface area contributed by atoms with Gasteiger partial charge in [-0.05, 0) is 46.0 Å². The molecule has 0 bridgehead atoms. The highest BCUT2D eigenvalue weighted by atomic mass is 35.5. The Morgan fingerprint density at radius 2 is 1.86 bits per heavy atom. The second-order valence-corrected chi connectivity index (χ2v) is 8.12. The highest BCUT2D eigenvalue weighted by Gasteiger charge is 2.40. The van der Waals surface area contributed by atoms with Crippen LogP contribution in [0.5, 0.6) is 0 Å².